The van der Waals surface area contributed by atoms with Crippen molar-refractivity contribution in [1.82, 2.24) is 5.32 Å². The average Bonchev–Trinajstić information content (AvgIpc) is 2.62. The molecular formula is C18H26N2O5. The Labute approximate surface area is 148 Å². The number of carbonyl (C=O) groups is 3. The summed E-state index contributed by atoms with van der Waals surface area (Å²) in [5.74, 6) is -1.76. The van der Waals surface area contributed by atoms with E-state index in [1.54, 1.807) is 24.3 Å². The number of esters is 2. The van der Waals surface area contributed by atoms with Crippen LogP contribution in [0.5, 0.6) is 0 Å². The van der Waals surface area contributed by atoms with E-state index in [4.69, 9.17) is 9.47 Å². The van der Waals surface area contributed by atoms with Gasteiger partial charge in [0.05, 0.1) is 12.7 Å². The van der Waals surface area contributed by atoms with Crippen molar-refractivity contribution in [2.75, 3.05) is 32.7 Å². The van der Waals surface area contributed by atoms with Crippen LogP contribution < -0.4 is 10.2 Å². The number of hydrogen-bond donors (Lipinski definition) is 1. The van der Waals surface area contributed by atoms with Gasteiger partial charge >= 0.3 is 11.9 Å². The van der Waals surface area contributed by atoms with Crippen molar-refractivity contribution in [3.63, 3.8) is 0 Å². The highest BCUT2D eigenvalue weighted by Crippen LogP contribution is 2.13. The number of methoxy groups -OCH3 is 1. The third-order valence-electron chi connectivity index (χ3n) is 3.94. The molecule has 1 N–H and O–H groups in total. The van der Waals surface area contributed by atoms with E-state index in [0.717, 1.165) is 5.69 Å². The van der Waals surface area contributed by atoms with E-state index in [2.05, 4.69) is 5.32 Å². The van der Waals surface area contributed by atoms with Crippen molar-refractivity contribution in [3.8, 4) is 0 Å². The number of amides is 1. The lowest BCUT2D eigenvalue weighted by Gasteiger charge is -2.21. The molecule has 2 atom stereocenters. The quantitative estimate of drug-likeness (QED) is 0.717. The van der Waals surface area contributed by atoms with Crippen molar-refractivity contribution in [2.45, 2.75) is 26.3 Å². The van der Waals surface area contributed by atoms with Crippen LogP contribution in [-0.2, 0) is 19.1 Å². The fourth-order valence-corrected chi connectivity index (χ4v) is 2.12. The first-order valence-electron chi connectivity index (χ1n) is 8.11. The number of hydrogen-bond acceptors (Lipinski definition) is 6. The maximum atomic E-state index is 12.0. The maximum Gasteiger partial charge on any atom is 0.338 e. The minimum Gasteiger partial charge on any atom is -0.467 e. The van der Waals surface area contributed by atoms with E-state index in [1.807, 2.05) is 32.8 Å². The second kappa shape index (κ2) is 9.66. The van der Waals surface area contributed by atoms with Gasteiger partial charge in [0, 0.05) is 19.8 Å². The first-order valence-corrected chi connectivity index (χ1v) is 8.11. The minimum atomic E-state index is -0.763. The highest BCUT2D eigenvalue weighted by Gasteiger charge is 2.27. The molecule has 1 aromatic rings. The highest BCUT2D eigenvalue weighted by molar-refractivity contribution is 5.92. The van der Waals surface area contributed by atoms with Gasteiger partial charge in [-0.3, -0.25) is 4.79 Å². The van der Waals surface area contributed by atoms with Gasteiger partial charge in [0.1, 0.15) is 6.04 Å². The Morgan fingerprint density at radius 2 is 1.76 bits per heavy atom. The van der Waals surface area contributed by atoms with E-state index >= 15 is 0 Å². The number of rotatable bonds is 8. The standard InChI is InChI=1S/C18H26N2O5/c1-6-12(2)16(18(23)24-5)19-15(21)11-25-17(22)13-7-9-14(10-8-13)20(3)4/h7-10,12,16H,6,11H2,1-5H3,(H,19,21)/t12-,16+/m0/s1. The Kier molecular flexibility index (Phi) is 7.91. The molecule has 7 nitrogen and oxygen atoms in total. The summed E-state index contributed by atoms with van der Waals surface area (Å²) in [6.07, 6.45) is 0.693. The predicted molar refractivity (Wildman–Crippen MR) is 94.5 cm³/mol. The zero-order valence-corrected chi connectivity index (χ0v) is 15.4. The van der Waals surface area contributed by atoms with Gasteiger partial charge in [-0.2, -0.15) is 0 Å². The Balaban J connectivity index is 2.59. The normalized spacial score (nSPS) is 12.7. The minimum absolute atomic E-state index is 0.0920. The summed E-state index contributed by atoms with van der Waals surface area (Å²) >= 11 is 0. The molecule has 0 saturated heterocycles. The summed E-state index contributed by atoms with van der Waals surface area (Å²) in [6.45, 7) is 3.28. The van der Waals surface area contributed by atoms with Crippen LogP contribution in [0.25, 0.3) is 0 Å². The topological polar surface area (TPSA) is 84.9 Å². The second-order valence-electron chi connectivity index (χ2n) is 5.97. The Bertz CT molecular complexity index is 598. The van der Waals surface area contributed by atoms with Crippen molar-refractivity contribution in [2.24, 2.45) is 5.92 Å². The van der Waals surface area contributed by atoms with Gasteiger partial charge in [-0.15, -0.1) is 0 Å². The summed E-state index contributed by atoms with van der Waals surface area (Å²) in [4.78, 5) is 37.6. The molecule has 0 bridgehead atoms. The first-order chi connectivity index (χ1) is 11.8. The molecule has 0 heterocycles. The van der Waals surface area contributed by atoms with Crippen LogP contribution in [0, 0.1) is 5.92 Å². The molecule has 0 radical (unpaired) electrons. The lowest BCUT2D eigenvalue weighted by atomic mass is 9.99. The van der Waals surface area contributed by atoms with Gasteiger partial charge in [-0.1, -0.05) is 20.3 Å². The van der Waals surface area contributed by atoms with Crippen molar-refractivity contribution in [1.29, 1.82) is 0 Å². The van der Waals surface area contributed by atoms with Gasteiger partial charge < -0.3 is 19.7 Å². The SMILES string of the molecule is CC[C@H](C)[C@@H](NC(=O)COC(=O)c1ccc(N(C)C)cc1)C(=O)OC. The largest absolute Gasteiger partial charge is 0.467 e. The van der Waals surface area contributed by atoms with Crippen LogP contribution >= 0.6 is 0 Å². The average molecular weight is 350 g/mol. The molecule has 25 heavy (non-hydrogen) atoms. The molecule has 0 aliphatic rings. The lowest BCUT2D eigenvalue weighted by Crippen LogP contribution is -2.47. The van der Waals surface area contributed by atoms with Crippen LogP contribution in [0.3, 0.4) is 0 Å². The van der Waals surface area contributed by atoms with Crippen molar-refractivity contribution in [3.05, 3.63) is 29.8 Å². The van der Waals surface area contributed by atoms with Gasteiger partial charge in [0.2, 0.25) is 0 Å². The maximum absolute atomic E-state index is 12.0. The number of anilines is 1. The molecule has 138 valence electrons. The van der Waals surface area contributed by atoms with Gasteiger partial charge in [-0.25, -0.2) is 9.59 Å². The summed E-state index contributed by atoms with van der Waals surface area (Å²) in [5, 5.41) is 2.55. The lowest BCUT2D eigenvalue weighted by molar-refractivity contribution is -0.147. The third-order valence-corrected chi connectivity index (χ3v) is 3.94. The van der Waals surface area contributed by atoms with Crippen LogP contribution in [0.4, 0.5) is 5.69 Å². The zero-order valence-electron chi connectivity index (χ0n) is 15.4. The number of ether oxygens (including phenoxy) is 2. The van der Waals surface area contributed by atoms with Gasteiger partial charge in [0.15, 0.2) is 6.61 Å². The van der Waals surface area contributed by atoms with Crippen LogP contribution in [0.1, 0.15) is 30.6 Å². The Hall–Kier alpha value is -2.57. The third kappa shape index (κ3) is 6.10. The highest BCUT2D eigenvalue weighted by atomic mass is 16.5. The van der Waals surface area contributed by atoms with E-state index in [9.17, 15) is 14.4 Å². The van der Waals surface area contributed by atoms with Crippen molar-refractivity contribution < 1.29 is 23.9 Å². The molecule has 0 aliphatic carbocycles. The fraction of sp³-hybridized carbons (Fsp3) is 0.500. The van der Waals surface area contributed by atoms with Crippen LogP contribution in [-0.4, -0.2) is 51.7 Å². The number of nitrogens with zero attached hydrogens (tertiary/aromatic N) is 1. The summed E-state index contributed by atoms with van der Waals surface area (Å²) < 4.78 is 9.70. The number of carbonyl (C=O) groups excluding carboxylic acids is 3. The smallest absolute Gasteiger partial charge is 0.338 e. The molecule has 0 spiro atoms. The monoisotopic (exact) mass is 350 g/mol. The second-order valence-corrected chi connectivity index (χ2v) is 5.97. The molecule has 0 aromatic heterocycles. The van der Waals surface area contributed by atoms with Crippen LogP contribution in [0.15, 0.2) is 24.3 Å². The molecule has 1 amide bonds. The first kappa shape index (κ1) is 20.5. The molecule has 0 fully saturated rings. The Morgan fingerprint density at radius 1 is 1.16 bits per heavy atom. The van der Waals surface area contributed by atoms with E-state index in [-0.39, 0.29) is 5.92 Å². The molecule has 7 heteroatoms. The molecule has 0 unspecified atom stereocenters. The summed E-state index contributed by atoms with van der Waals surface area (Å²) in [6, 6.07) is 6.07. The van der Waals surface area contributed by atoms with Gasteiger partial charge in [-0.05, 0) is 30.2 Å². The van der Waals surface area contributed by atoms with E-state index in [0.29, 0.717) is 12.0 Å². The van der Waals surface area contributed by atoms with E-state index < -0.39 is 30.5 Å². The van der Waals surface area contributed by atoms with Crippen molar-refractivity contribution >= 4 is 23.5 Å². The summed E-state index contributed by atoms with van der Waals surface area (Å²) in [5.41, 5.74) is 1.30. The summed E-state index contributed by atoms with van der Waals surface area (Å²) in [7, 11) is 5.06. The van der Waals surface area contributed by atoms with Gasteiger partial charge in [0.25, 0.3) is 5.91 Å². The van der Waals surface area contributed by atoms with Crippen LogP contribution in [0.2, 0.25) is 0 Å². The molecule has 1 aromatic carbocycles. The predicted octanol–water partition coefficient (Wildman–Crippen LogP) is 1.61. The number of benzene rings is 1. The zero-order chi connectivity index (χ0) is 19.0. The van der Waals surface area contributed by atoms with E-state index in [1.165, 1.54) is 7.11 Å². The fourth-order valence-electron chi connectivity index (χ4n) is 2.12. The molecular weight excluding hydrogens is 324 g/mol. The molecule has 0 aliphatic heterocycles. The molecule has 0 saturated carbocycles. The molecule has 1 rings (SSSR count). The number of nitrogens with one attached hydrogen (secondary N) is 1. The Morgan fingerprint density at radius 3 is 2.24 bits per heavy atom.